The number of hydrogen-bond acceptors (Lipinski definition) is 4. The van der Waals surface area contributed by atoms with Crippen molar-refractivity contribution < 1.29 is 14.7 Å². The smallest absolute Gasteiger partial charge is 0.265 e. The van der Waals surface area contributed by atoms with Gasteiger partial charge in [-0.05, 0) is 12.2 Å². The molecule has 1 saturated heterocycles. The van der Waals surface area contributed by atoms with E-state index in [1.54, 1.807) is 13.8 Å². The number of hydrogen-bond donors (Lipinski definition) is 2. The summed E-state index contributed by atoms with van der Waals surface area (Å²) in [6.45, 7) is 7.06. The van der Waals surface area contributed by atoms with Crippen LogP contribution in [0.25, 0.3) is 0 Å². The molecule has 0 aliphatic carbocycles. The lowest BCUT2D eigenvalue weighted by Crippen LogP contribution is -2.54. The molecule has 6 heteroatoms. The second kappa shape index (κ2) is 5.41. The van der Waals surface area contributed by atoms with Gasteiger partial charge in [0.1, 0.15) is 5.57 Å². The van der Waals surface area contributed by atoms with Gasteiger partial charge in [-0.25, -0.2) is 0 Å². The van der Waals surface area contributed by atoms with Gasteiger partial charge in [0, 0.05) is 12.0 Å². The van der Waals surface area contributed by atoms with Crippen LogP contribution in [-0.4, -0.2) is 40.1 Å². The molecule has 0 aromatic rings. The number of rotatable bonds is 4. The first-order valence-corrected chi connectivity index (χ1v) is 5.85. The van der Waals surface area contributed by atoms with E-state index in [0.29, 0.717) is 0 Å². The van der Waals surface area contributed by atoms with Crippen molar-refractivity contribution in [2.45, 2.75) is 13.8 Å². The number of nitrogens with one attached hydrogen (secondary N) is 1. The van der Waals surface area contributed by atoms with Crippen LogP contribution in [-0.2, 0) is 9.59 Å². The SMILES string of the molecule is C=CCN1C(=O)/C(=C/C(C)(C)CO)C(=O)NC1=S. The van der Waals surface area contributed by atoms with Crippen LogP contribution >= 0.6 is 12.2 Å². The summed E-state index contributed by atoms with van der Waals surface area (Å²) < 4.78 is 0. The molecule has 1 heterocycles. The molecule has 0 unspecified atom stereocenters. The van der Waals surface area contributed by atoms with Crippen molar-refractivity contribution in [3.63, 3.8) is 0 Å². The molecule has 1 aliphatic heterocycles. The van der Waals surface area contributed by atoms with Gasteiger partial charge in [-0.15, -0.1) is 6.58 Å². The zero-order valence-corrected chi connectivity index (χ0v) is 11.2. The molecule has 0 radical (unpaired) electrons. The van der Waals surface area contributed by atoms with Gasteiger partial charge in [0.25, 0.3) is 11.8 Å². The minimum atomic E-state index is -0.652. The van der Waals surface area contributed by atoms with E-state index in [9.17, 15) is 14.7 Å². The molecule has 1 rings (SSSR count). The Morgan fingerprint density at radius 1 is 1.50 bits per heavy atom. The predicted molar refractivity (Wildman–Crippen MR) is 71.6 cm³/mol. The number of amides is 2. The molecule has 2 amide bonds. The third kappa shape index (κ3) is 3.02. The summed E-state index contributed by atoms with van der Waals surface area (Å²) in [5, 5.41) is 11.7. The molecule has 1 aliphatic rings. The van der Waals surface area contributed by atoms with Gasteiger partial charge in [0.05, 0.1) is 6.61 Å². The Bertz CT molecular complexity index is 441. The highest BCUT2D eigenvalue weighted by molar-refractivity contribution is 7.80. The van der Waals surface area contributed by atoms with Gasteiger partial charge in [-0.2, -0.15) is 0 Å². The minimum absolute atomic E-state index is 0.00972. The van der Waals surface area contributed by atoms with Gasteiger partial charge < -0.3 is 5.11 Å². The van der Waals surface area contributed by atoms with Crippen molar-refractivity contribution in [3.05, 3.63) is 24.3 Å². The molecule has 0 aromatic carbocycles. The summed E-state index contributed by atoms with van der Waals surface area (Å²) in [6.07, 6.45) is 2.99. The maximum Gasteiger partial charge on any atom is 0.265 e. The van der Waals surface area contributed by atoms with Crippen molar-refractivity contribution in [3.8, 4) is 0 Å². The number of carbonyl (C=O) groups is 2. The molecule has 0 aromatic heterocycles. The molecule has 0 saturated carbocycles. The van der Waals surface area contributed by atoms with E-state index in [0.717, 1.165) is 0 Å². The molecule has 5 nitrogen and oxygen atoms in total. The van der Waals surface area contributed by atoms with Crippen molar-refractivity contribution in [2.24, 2.45) is 5.41 Å². The van der Waals surface area contributed by atoms with Crippen molar-refractivity contribution in [2.75, 3.05) is 13.2 Å². The molecule has 18 heavy (non-hydrogen) atoms. The summed E-state index contributed by atoms with van der Waals surface area (Å²) in [5.74, 6) is -1.00. The molecule has 98 valence electrons. The topological polar surface area (TPSA) is 69.6 Å². The van der Waals surface area contributed by atoms with E-state index in [4.69, 9.17) is 12.2 Å². The Morgan fingerprint density at radius 3 is 2.61 bits per heavy atom. The van der Waals surface area contributed by atoms with Gasteiger partial charge in [-0.3, -0.25) is 19.8 Å². The summed E-state index contributed by atoms with van der Waals surface area (Å²) in [6, 6.07) is 0. The van der Waals surface area contributed by atoms with Gasteiger partial charge >= 0.3 is 0 Å². The summed E-state index contributed by atoms with van der Waals surface area (Å²) >= 11 is 4.92. The zero-order chi connectivity index (χ0) is 13.9. The maximum absolute atomic E-state index is 12.1. The number of thiocarbonyl (C=S) groups is 1. The average molecular weight is 268 g/mol. The highest BCUT2D eigenvalue weighted by atomic mass is 32.1. The first kappa shape index (κ1) is 14.5. The van der Waals surface area contributed by atoms with Crippen LogP contribution in [0.3, 0.4) is 0 Å². The maximum atomic E-state index is 12.1. The van der Waals surface area contributed by atoms with Gasteiger partial charge in [0.2, 0.25) is 0 Å². The summed E-state index contributed by atoms with van der Waals surface area (Å²) in [4.78, 5) is 25.1. The van der Waals surface area contributed by atoms with E-state index in [1.165, 1.54) is 17.1 Å². The van der Waals surface area contributed by atoms with Crippen LogP contribution in [0.2, 0.25) is 0 Å². The van der Waals surface area contributed by atoms with E-state index in [-0.39, 0.29) is 23.8 Å². The third-order valence-corrected chi connectivity index (χ3v) is 2.76. The molecular formula is C12H16N2O3S. The molecule has 0 atom stereocenters. The van der Waals surface area contributed by atoms with Crippen LogP contribution in [0.5, 0.6) is 0 Å². The van der Waals surface area contributed by atoms with Gasteiger partial charge in [0.15, 0.2) is 5.11 Å². The van der Waals surface area contributed by atoms with Crippen LogP contribution in [0.15, 0.2) is 24.3 Å². The van der Waals surface area contributed by atoms with Crippen LogP contribution < -0.4 is 5.32 Å². The van der Waals surface area contributed by atoms with E-state index < -0.39 is 17.2 Å². The lowest BCUT2D eigenvalue weighted by molar-refractivity contribution is -0.128. The van der Waals surface area contributed by atoms with Gasteiger partial charge in [-0.1, -0.05) is 26.0 Å². The number of nitrogens with zero attached hydrogens (tertiary/aromatic N) is 1. The lowest BCUT2D eigenvalue weighted by Gasteiger charge is -2.29. The summed E-state index contributed by atoms with van der Waals surface area (Å²) in [5.41, 5.74) is -0.661. The van der Waals surface area contributed by atoms with E-state index in [2.05, 4.69) is 11.9 Å². The Morgan fingerprint density at radius 2 is 2.11 bits per heavy atom. The minimum Gasteiger partial charge on any atom is -0.395 e. The first-order chi connectivity index (χ1) is 8.32. The highest BCUT2D eigenvalue weighted by Gasteiger charge is 2.34. The predicted octanol–water partition coefficient (Wildman–Crippen LogP) is 0.361. The molecule has 2 N–H and O–H groups in total. The van der Waals surface area contributed by atoms with Crippen LogP contribution in [0.4, 0.5) is 0 Å². The fourth-order valence-electron chi connectivity index (χ4n) is 1.43. The molecule has 0 spiro atoms. The van der Waals surface area contributed by atoms with Crippen LogP contribution in [0.1, 0.15) is 13.8 Å². The first-order valence-electron chi connectivity index (χ1n) is 5.44. The molecule has 1 fully saturated rings. The quantitative estimate of drug-likeness (QED) is 0.334. The monoisotopic (exact) mass is 268 g/mol. The lowest BCUT2D eigenvalue weighted by atomic mass is 9.91. The summed E-state index contributed by atoms with van der Waals surface area (Å²) in [7, 11) is 0. The largest absolute Gasteiger partial charge is 0.395 e. The Hall–Kier alpha value is -1.53. The van der Waals surface area contributed by atoms with Crippen LogP contribution in [0, 0.1) is 5.41 Å². The fourth-order valence-corrected chi connectivity index (χ4v) is 1.68. The third-order valence-electron chi connectivity index (χ3n) is 2.44. The number of aliphatic hydroxyl groups is 1. The van der Waals surface area contributed by atoms with Crippen molar-refractivity contribution >= 4 is 29.1 Å². The number of carbonyl (C=O) groups excluding carboxylic acids is 2. The average Bonchev–Trinajstić information content (AvgIpc) is 2.30. The second-order valence-corrected chi connectivity index (χ2v) is 5.06. The standard InChI is InChI=1S/C12H16N2O3S/c1-4-5-14-10(17)8(6-12(2,3)7-15)9(16)13-11(14)18/h4,6,15H,1,5,7H2,2-3H3,(H,13,16,18)/b8-6+. The normalized spacial score (nSPS) is 19.2. The second-order valence-electron chi connectivity index (χ2n) is 4.67. The Labute approximate surface area is 111 Å². The van der Waals surface area contributed by atoms with E-state index >= 15 is 0 Å². The van der Waals surface area contributed by atoms with Crippen molar-refractivity contribution in [1.82, 2.24) is 10.2 Å². The highest BCUT2D eigenvalue weighted by Crippen LogP contribution is 2.21. The fraction of sp³-hybridized carbons (Fsp3) is 0.417. The Kier molecular flexibility index (Phi) is 4.37. The van der Waals surface area contributed by atoms with Crippen molar-refractivity contribution in [1.29, 1.82) is 0 Å². The zero-order valence-electron chi connectivity index (χ0n) is 10.4. The molecule has 0 bridgehead atoms. The van der Waals surface area contributed by atoms with E-state index in [1.807, 2.05) is 0 Å². The number of aliphatic hydroxyl groups excluding tert-OH is 1. The Balaban J connectivity index is 3.12. The molecular weight excluding hydrogens is 252 g/mol.